The van der Waals surface area contributed by atoms with E-state index in [1.807, 2.05) is 7.05 Å². The number of allylic oxidation sites excluding steroid dienone is 2. The second-order valence-electron chi connectivity index (χ2n) is 10.5. The number of Topliss-reactive ketones (excluding diaryl/α,β-unsaturated/α-hetero) is 1. The molecule has 0 saturated heterocycles. The fourth-order valence-corrected chi connectivity index (χ4v) is 7.15. The van der Waals surface area contributed by atoms with E-state index in [0.29, 0.717) is 29.4 Å². The van der Waals surface area contributed by atoms with Crippen LogP contribution in [0.2, 0.25) is 0 Å². The Labute approximate surface area is 186 Å². The highest BCUT2D eigenvalue weighted by molar-refractivity contribution is 5.96. The lowest BCUT2D eigenvalue weighted by Crippen LogP contribution is -2.50. The number of hydrogen-bond acceptors (Lipinski definition) is 5. The van der Waals surface area contributed by atoms with Crippen LogP contribution in [0.4, 0.5) is 0 Å². The zero-order chi connectivity index (χ0) is 22.2. The minimum atomic E-state index is 0.0173. The van der Waals surface area contributed by atoms with E-state index in [1.54, 1.807) is 18.7 Å². The van der Waals surface area contributed by atoms with E-state index < -0.39 is 0 Å². The maximum atomic E-state index is 12.4. The van der Waals surface area contributed by atoms with Crippen LogP contribution < -0.4 is 0 Å². The van der Waals surface area contributed by atoms with Gasteiger partial charge in [0.2, 0.25) is 0 Å². The van der Waals surface area contributed by atoms with Crippen molar-refractivity contribution in [2.24, 2.45) is 33.6 Å². The molecule has 5 rings (SSSR count). The van der Waals surface area contributed by atoms with Crippen molar-refractivity contribution in [2.45, 2.75) is 78.6 Å². The Bertz CT molecular complexity index is 885. The second-order valence-corrected chi connectivity index (χ2v) is 10.5. The van der Waals surface area contributed by atoms with Crippen LogP contribution in [0.1, 0.15) is 76.9 Å². The standard InChI is InChI=1S/C20H29NO.C6H9NO2/c1-19-10-8-14(21-3)12-13(19)4-5-15-16-6-7-18(22)20(16,2)11-9-17(15)19;1-5-7-4-6(9-5)2-3-8/h12,15-17H,4-11H2,1-3H3;4,8H,2-3H2,1H3/t15?,16?,17?,19-,20-;/m0./s1. The number of rotatable bonds is 2. The molecule has 0 bridgehead atoms. The first-order valence-corrected chi connectivity index (χ1v) is 12.0. The van der Waals surface area contributed by atoms with Crippen LogP contribution in [-0.4, -0.2) is 35.2 Å². The van der Waals surface area contributed by atoms with Gasteiger partial charge < -0.3 is 9.52 Å². The van der Waals surface area contributed by atoms with Crippen molar-refractivity contribution >= 4 is 11.5 Å². The summed E-state index contributed by atoms with van der Waals surface area (Å²) in [6.07, 6.45) is 13.9. The summed E-state index contributed by atoms with van der Waals surface area (Å²) in [6, 6.07) is 0. The van der Waals surface area contributed by atoms with Crippen LogP contribution in [0.15, 0.2) is 27.3 Å². The van der Waals surface area contributed by atoms with Crippen molar-refractivity contribution in [2.75, 3.05) is 13.7 Å². The number of aliphatic imine (C=N–C) groups is 1. The Hall–Kier alpha value is -1.75. The highest BCUT2D eigenvalue weighted by atomic mass is 16.4. The van der Waals surface area contributed by atoms with Gasteiger partial charge in [-0.15, -0.1) is 0 Å². The van der Waals surface area contributed by atoms with Gasteiger partial charge in [-0.25, -0.2) is 4.98 Å². The van der Waals surface area contributed by atoms with E-state index >= 15 is 0 Å². The molecule has 5 nitrogen and oxygen atoms in total. The zero-order valence-electron chi connectivity index (χ0n) is 19.6. The summed E-state index contributed by atoms with van der Waals surface area (Å²) in [4.78, 5) is 20.7. The van der Waals surface area contributed by atoms with Gasteiger partial charge >= 0.3 is 0 Å². The second kappa shape index (κ2) is 8.65. The van der Waals surface area contributed by atoms with Crippen molar-refractivity contribution in [1.82, 2.24) is 4.98 Å². The molecule has 170 valence electrons. The number of carbonyl (C=O) groups excluding carboxylic acids is 1. The summed E-state index contributed by atoms with van der Waals surface area (Å²) >= 11 is 0. The largest absolute Gasteiger partial charge is 0.446 e. The van der Waals surface area contributed by atoms with Crippen LogP contribution >= 0.6 is 0 Å². The molecule has 1 heterocycles. The maximum Gasteiger partial charge on any atom is 0.191 e. The number of carbonyl (C=O) groups is 1. The third kappa shape index (κ3) is 3.94. The third-order valence-corrected chi connectivity index (χ3v) is 9.00. The summed E-state index contributed by atoms with van der Waals surface area (Å²) in [6.45, 7) is 6.69. The van der Waals surface area contributed by atoms with Gasteiger partial charge in [-0.2, -0.15) is 0 Å². The molecule has 0 aliphatic heterocycles. The lowest BCUT2D eigenvalue weighted by Gasteiger charge is -2.57. The summed E-state index contributed by atoms with van der Waals surface area (Å²) < 4.78 is 5.05. The molecule has 3 unspecified atom stereocenters. The smallest absolute Gasteiger partial charge is 0.191 e. The Morgan fingerprint density at radius 3 is 2.58 bits per heavy atom. The van der Waals surface area contributed by atoms with Crippen molar-refractivity contribution in [3.05, 3.63) is 29.5 Å². The van der Waals surface area contributed by atoms with Crippen molar-refractivity contribution in [3.8, 4) is 0 Å². The Kier molecular flexibility index (Phi) is 6.26. The zero-order valence-corrected chi connectivity index (χ0v) is 19.6. The molecule has 3 saturated carbocycles. The molecule has 4 aliphatic carbocycles. The van der Waals surface area contributed by atoms with Crippen molar-refractivity contribution in [1.29, 1.82) is 0 Å². The van der Waals surface area contributed by atoms with Gasteiger partial charge in [0.05, 0.1) is 12.8 Å². The molecule has 0 aromatic carbocycles. The predicted molar refractivity (Wildman–Crippen MR) is 122 cm³/mol. The van der Waals surface area contributed by atoms with E-state index in [2.05, 4.69) is 29.9 Å². The van der Waals surface area contributed by atoms with Gasteiger partial charge in [0.1, 0.15) is 11.5 Å². The highest BCUT2D eigenvalue weighted by Crippen LogP contribution is 2.64. The Balaban J connectivity index is 0.000000217. The molecule has 0 radical (unpaired) electrons. The monoisotopic (exact) mass is 426 g/mol. The highest BCUT2D eigenvalue weighted by Gasteiger charge is 2.58. The first-order chi connectivity index (χ1) is 14.8. The molecule has 0 amide bonds. The van der Waals surface area contributed by atoms with Gasteiger partial charge in [0, 0.05) is 37.9 Å². The number of nitrogens with zero attached hydrogens (tertiary/aromatic N) is 2. The molecule has 4 aliphatic rings. The van der Waals surface area contributed by atoms with Gasteiger partial charge in [0.15, 0.2) is 5.89 Å². The van der Waals surface area contributed by atoms with E-state index in [4.69, 9.17) is 9.52 Å². The van der Waals surface area contributed by atoms with E-state index in [0.717, 1.165) is 43.3 Å². The molecule has 1 N–H and O–H groups in total. The summed E-state index contributed by atoms with van der Waals surface area (Å²) in [5.41, 5.74) is 3.35. The van der Waals surface area contributed by atoms with E-state index in [9.17, 15) is 4.79 Å². The van der Waals surface area contributed by atoms with Crippen LogP contribution in [0.25, 0.3) is 0 Å². The van der Waals surface area contributed by atoms with Crippen LogP contribution in [0.3, 0.4) is 0 Å². The number of aromatic nitrogens is 1. The first-order valence-electron chi connectivity index (χ1n) is 12.0. The molecule has 5 heteroatoms. The molecule has 0 spiro atoms. The molecule has 3 fully saturated rings. The summed E-state index contributed by atoms with van der Waals surface area (Å²) in [5.74, 6) is 4.21. The lowest BCUT2D eigenvalue weighted by molar-refractivity contribution is -0.132. The van der Waals surface area contributed by atoms with Gasteiger partial charge in [-0.3, -0.25) is 9.79 Å². The van der Waals surface area contributed by atoms with Gasteiger partial charge in [-0.1, -0.05) is 19.4 Å². The normalized spacial score (nSPS) is 38.0. The molecule has 31 heavy (non-hydrogen) atoms. The Morgan fingerprint density at radius 2 is 1.90 bits per heavy atom. The quantitative estimate of drug-likeness (QED) is 0.713. The molecule has 1 aromatic heterocycles. The number of ketones is 1. The van der Waals surface area contributed by atoms with E-state index in [-0.39, 0.29) is 12.0 Å². The third-order valence-electron chi connectivity index (χ3n) is 9.00. The number of aliphatic hydroxyl groups excluding tert-OH is 1. The fraction of sp³-hybridized carbons (Fsp3) is 0.731. The van der Waals surface area contributed by atoms with Crippen LogP contribution in [0, 0.1) is 35.5 Å². The van der Waals surface area contributed by atoms with Gasteiger partial charge in [-0.05, 0) is 74.2 Å². The van der Waals surface area contributed by atoms with Crippen LogP contribution in [-0.2, 0) is 11.2 Å². The minimum Gasteiger partial charge on any atom is -0.446 e. The minimum absolute atomic E-state index is 0.0173. The number of fused-ring (bicyclic) bond motifs is 5. The molecular weight excluding hydrogens is 388 g/mol. The predicted octanol–water partition coefficient (Wildman–Crippen LogP) is 5.11. The average molecular weight is 427 g/mol. The van der Waals surface area contributed by atoms with Crippen molar-refractivity contribution < 1.29 is 14.3 Å². The summed E-state index contributed by atoms with van der Waals surface area (Å²) in [7, 11) is 1.93. The Morgan fingerprint density at radius 1 is 1.13 bits per heavy atom. The van der Waals surface area contributed by atoms with Crippen molar-refractivity contribution in [3.63, 3.8) is 0 Å². The molecular formula is C26H38N2O3. The first kappa shape index (κ1) is 22.4. The number of aliphatic hydroxyl groups is 1. The lowest BCUT2D eigenvalue weighted by atomic mass is 9.47. The summed E-state index contributed by atoms with van der Waals surface area (Å²) in [5, 5.41) is 8.44. The molecule has 5 atom stereocenters. The van der Waals surface area contributed by atoms with Gasteiger partial charge in [0.25, 0.3) is 0 Å². The number of hydrogen-bond donors (Lipinski definition) is 1. The maximum absolute atomic E-state index is 12.4. The topological polar surface area (TPSA) is 75.7 Å². The number of aryl methyl sites for hydroxylation is 1. The number of oxazole rings is 1. The van der Waals surface area contributed by atoms with Crippen LogP contribution in [0.5, 0.6) is 0 Å². The SMILES string of the molecule is CN=C1C=C2CCC3C(CC[C@]4(C)C(=O)CCC34)[C@@]2(C)CC1.Cc1ncc(CCO)o1. The average Bonchev–Trinajstić information content (AvgIpc) is 3.30. The fourth-order valence-electron chi connectivity index (χ4n) is 7.15. The molecule has 1 aromatic rings. The van der Waals surface area contributed by atoms with E-state index in [1.165, 1.54) is 31.4 Å².